The molecule has 1 saturated carbocycles. The quantitative estimate of drug-likeness (QED) is 0.862. The van der Waals surface area contributed by atoms with Crippen LogP contribution in [0.3, 0.4) is 0 Å². The lowest BCUT2D eigenvalue weighted by molar-refractivity contribution is 0.442. The maximum absolute atomic E-state index is 12.3. The van der Waals surface area contributed by atoms with Crippen LogP contribution in [0.4, 0.5) is 5.69 Å². The number of sulfonamides is 1. The molecule has 114 valence electrons. The van der Waals surface area contributed by atoms with Crippen LogP contribution < -0.4 is 9.62 Å². The Balaban J connectivity index is 1.99. The molecule has 21 heavy (non-hydrogen) atoms. The molecule has 0 radical (unpaired) electrons. The smallest absolute Gasteiger partial charge is 0.266 e. The maximum Gasteiger partial charge on any atom is 0.266 e. The molecule has 0 saturated heterocycles. The van der Waals surface area contributed by atoms with E-state index in [4.69, 9.17) is 11.6 Å². The Bertz CT molecular complexity index is 681. The Morgan fingerprint density at radius 1 is 1.29 bits per heavy atom. The number of guanidine groups is 1. The van der Waals surface area contributed by atoms with Crippen molar-refractivity contribution in [2.45, 2.75) is 43.0 Å². The van der Waals surface area contributed by atoms with E-state index in [0.717, 1.165) is 25.7 Å². The fourth-order valence-corrected chi connectivity index (χ4v) is 4.37. The molecule has 0 spiro atoms. The minimum absolute atomic E-state index is 0.195. The topological polar surface area (TPSA) is 61.8 Å². The summed E-state index contributed by atoms with van der Waals surface area (Å²) in [6.07, 6.45) is 5.59. The molecule has 7 heteroatoms. The number of halogens is 1. The van der Waals surface area contributed by atoms with Crippen molar-refractivity contribution in [3.63, 3.8) is 0 Å². The van der Waals surface area contributed by atoms with Crippen LogP contribution in [-0.2, 0) is 10.0 Å². The van der Waals surface area contributed by atoms with Gasteiger partial charge in [0.15, 0.2) is 0 Å². The zero-order valence-corrected chi connectivity index (χ0v) is 13.4. The highest BCUT2D eigenvalue weighted by Crippen LogP contribution is 2.31. The van der Waals surface area contributed by atoms with Crippen LogP contribution in [0.1, 0.15) is 32.1 Å². The lowest BCUT2D eigenvalue weighted by atomic mass is 9.96. The van der Waals surface area contributed by atoms with E-state index >= 15 is 0 Å². The Labute approximate surface area is 130 Å². The monoisotopic (exact) mass is 327 g/mol. The Kier molecular flexibility index (Phi) is 3.84. The molecule has 0 atom stereocenters. The number of hydrogen-bond acceptors (Lipinski definition) is 3. The van der Waals surface area contributed by atoms with E-state index in [1.807, 2.05) is 7.05 Å². The van der Waals surface area contributed by atoms with Gasteiger partial charge in [-0.15, -0.1) is 0 Å². The van der Waals surface area contributed by atoms with Crippen molar-refractivity contribution in [1.82, 2.24) is 4.72 Å². The third-order valence-electron chi connectivity index (χ3n) is 4.00. The largest absolute Gasteiger partial charge is 0.314 e. The van der Waals surface area contributed by atoms with Crippen LogP contribution in [0.25, 0.3) is 0 Å². The summed E-state index contributed by atoms with van der Waals surface area (Å²) in [7, 11) is -1.79. The first-order valence-corrected chi connectivity index (χ1v) is 8.97. The summed E-state index contributed by atoms with van der Waals surface area (Å²) in [5.41, 5.74) is 0.604. The van der Waals surface area contributed by atoms with Crippen molar-refractivity contribution in [2.24, 2.45) is 4.99 Å². The lowest BCUT2D eigenvalue weighted by Gasteiger charge is -2.31. The molecule has 0 unspecified atom stereocenters. The minimum Gasteiger partial charge on any atom is -0.314 e. The van der Waals surface area contributed by atoms with E-state index in [-0.39, 0.29) is 10.9 Å². The number of benzene rings is 1. The van der Waals surface area contributed by atoms with Crippen LogP contribution in [0.5, 0.6) is 0 Å². The third-order valence-corrected chi connectivity index (χ3v) is 5.59. The van der Waals surface area contributed by atoms with Crippen LogP contribution in [0, 0.1) is 0 Å². The highest BCUT2D eigenvalue weighted by atomic mass is 35.5. The molecule has 1 aromatic rings. The first kappa shape index (κ1) is 14.7. The normalized spacial score (nSPS) is 23.7. The van der Waals surface area contributed by atoms with Gasteiger partial charge in [-0.25, -0.2) is 18.1 Å². The second kappa shape index (κ2) is 5.50. The van der Waals surface area contributed by atoms with Gasteiger partial charge in [-0.05, 0) is 31.0 Å². The van der Waals surface area contributed by atoms with Crippen molar-refractivity contribution in [3.05, 3.63) is 23.2 Å². The lowest BCUT2D eigenvalue weighted by Crippen LogP contribution is -2.47. The van der Waals surface area contributed by atoms with Crippen molar-refractivity contribution in [1.29, 1.82) is 0 Å². The molecular formula is C14H18ClN3O2S. The van der Waals surface area contributed by atoms with Gasteiger partial charge in [0.25, 0.3) is 10.0 Å². The van der Waals surface area contributed by atoms with E-state index < -0.39 is 10.0 Å². The fourth-order valence-electron chi connectivity index (χ4n) is 2.83. The standard InChI is InChI=1S/C14H18ClN3O2S/c1-18-12-8-7-10(15)9-13(12)21(19,20)17-14(18)16-11-5-3-2-4-6-11/h7-9,11H,2-6H2,1H3,(H,16,17). The molecule has 1 aromatic carbocycles. The SMILES string of the molecule is CN1C(=NC2CCCCC2)NS(=O)(=O)c2cc(Cl)ccc21. The highest BCUT2D eigenvalue weighted by molar-refractivity contribution is 7.90. The Hall–Kier alpha value is -1.27. The Morgan fingerprint density at radius 3 is 2.71 bits per heavy atom. The summed E-state index contributed by atoms with van der Waals surface area (Å²) < 4.78 is 27.3. The van der Waals surface area contributed by atoms with Gasteiger partial charge < -0.3 is 4.90 Å². The molecule has 1 fully saturated rings. The number of nitrogens with one attached hydrogen (secondary N) is 1. The van der Waals surface area contributed by atoms with Gasteiger partial charge in [0.05, 0.1) is 11.7 Å². The summed E-state index contributed by atoms with van der Waals surface area (Å²) in [5.74, 6) is 0.400. The first-order chi connectivity index (χ1) is 9.97. The molecule has 0 aromatic heterocycles. The number of anilines is 1. The minimum atomic E-state index is -3.60. The average Bonchev–Trinajstić information content (AvgIpc) is 2.45. The number of aliphatic imine (C=N–C) groups is 1. The number of nitrogens with zero attached hydrogens (tertiary/aromatic N) is 2. The van der Waals surface area contributed by atoms with Crippen LogP contribution >= 0.6 is 11.6 Å². The van der Waals surface area contributed by atoms with Crippen molar-refractivity contribution < 1.29 is 8.42 Å². The third kappa shape index (κ3) is 2.87. The first-order valence-electron chi connectivity index (χ1n) is 7.11. The predicted octanol–water partition coefficient (Wildman–Crippen LogP) is 2.76. The summed E-state index contributed by atoms with van der Waals surface area (Å²) in [5, 5.41) is 0.403. The van der Waals surface area contributed by atoms with Gasteiger partial charge in [-0.2, -0.15) is 0 Å². The zero-order valence-electron chi connectivity index (χ0n) is 11.8. The van der Waals surface area contributed by atoms with Crippen molar-refractivity contribution in [2.75, 3.05) is 11.9 Å². The highest BCUT2D eigenvalue weighted by Gasteiger charge is 2.31. The Morgan fingerprint density at radius 2 is 2.00 bits per heavy atom. The number of hydrogen-bond donors (Lipinski definition) is 1. The molecule has 3 rings (SSSR count). The van der Waals surface area contributed by atoms with E-state index in [1.54, 1.807) is 17.0 Å². The van der Waals surface area contributed by atoms with Gasteiger partial charge in [0.1, 0.15) is 4.90 Å². The second-order valence-electron chi connectivity index (χ2n) is 5.52. The van der Waals surface area contributed by atoms with Gasteiger partial charge in [-0.3, -0.25) is 0 Å². The van der Waals surface area contributed by atoms with Gasteiger partial charge in [0, 0.05) is 12.1 Å². The molecule has 5 nitrogen and oxygen atoms in total. The summed E-state index contributed by atoms with van der Waals surface area (Å²) in [6, 6.07) is 5.07. The van der Waals surface area contributed by atoms with E-state index in [1.165, 1.54) is 12.5 Å². The molecule has 1 heterocycles. The number of rotatable bonds is 1. The molecule has 1 aliphatic carbocycles. The van der Waals surface area contributed by atoms with Crippen LogP contribution in [-0.4, -0.2) is 27.5 Å². The van der Waals surface area contributed by atoms with Gasteiger partial charge >= 0.3 is 0 Å². The van der Waals surface area contributed by atoms with Crippen LogP contribution in [0.15, 0.2) is 28.1 Å². The van der Waals surface area contributed by atoms with Crippen molar-refractivity contribution >= 4 is 33.3 Å². The summed E-state index contributed by atoms with van der Waals surface area (Å²) in [6.45, 7) is 0. The fraction of sp³-hybridized carbons (Fsp3) is 0.500. The molecule has 0 bridgehead atoms. The molecule has 0 amide bonds. The molecular weight excluding hydrogens is 310 g/mol. The van der Waals surface area contributed by atoms with Gasteiger partial charge in [-0.1, -0.05) is 30.9 Å². The summed E-state index contributed by atoms with van der Waals surface area (Å²) in [4.78, 5) is 6.59. The molecule has 2 aliphatic rings. The average molecular weight is 328 g/mol. The van der Waals surface area contributed by atoms with E-state index in [2.05, 4.69) is 9.71 Å². The van der Waals surface area contributed by atoms with Crippen LogP contribution in [0.2, 0.25) is 5.02 Å². The summed E-state index contributed by atoms with van der Waals surface area (Å²) >= 11 is 5.90. The molecule has 1 aliphatic heterocycles. The predicted molar refractivity (Wildman–Crippen MR) is 84.5 cm³/mol. The van der Waals surface area contributed by atoms with Crippen molar-refractivity contribution in [3.8, 4) is 0 Å². The van der Waals surface area contributed by atoms with E-state index in [0.29, 0.717) is 16.7 Å². The number of fused-ring (bicyclic) bond motifs is 1. The van der Waals surface area contributed by atoms with E-state index in [9.17, 15) is 8.42 Å². The second-order valence-corrected chi connectivity index (χ2v) is 7.61. The zero-order chi connectivity index (χ0) is 15.0. The molecule has 1 N–H and O–H groups in total. The maximum atomic E-state index is 12.3. The van der Waals surface area contributed by atoms with Gasteiger partial charge in [0.2, 0.25) is 5.96 Å².